The van der Waals surface area contributed by atoms with Gasteiger partial charge in [0.05, 0.1) is 12.0 Å². The monoisotopic (exact) mass is 362 g/mol. The van der Waals surface area contributed by atoms with Crippen molar-refractivity contribution in [3.05, 3.63) is 36.0 Å². The van der Waals surface area contributed by atoms with Crippen LogP contribution in [0.1, 0.15) is 33.1 Å². The van der Waals surface area contributed by atoms with Gasteiger partial charge in [0.1, 0.15) is 12.7 Å². The fourth-order valence-corrected chi connectivity index (χ4v) is 3.05. The second-order valence-corrected chi connectivity index (χ2v) is 7.00. The Bertz CT molecular complexity index is 657. The molecule has 2 aliphatic rings. The second kappa shape index (κ2) is 8.45. The third-order valence-electron chi connectivity index (χ3n) is 4.78. The molecule has 1 fully saturated rings. The summed E-state index contributed by atoms with van der Waals surface area (Å²) in [6.07, 6.45) is 1.92. The predicted octanol–water partition coefficient (Wildman–Crippen LogP) is 2.53. The molecule has 0 aromatic heterocycles. The van der Waals surface area contributed by atoms with E-state index in [-0.39, 0.29) is 36.3 Å². The number of carbonyl (C=O) groups is 3. The SMILES string of the molecule is C=C1C(=O)C[C@H]2C(=C)C(=O)O[C@@H]2/C=C(/COC(=O)C(C)C)CC[C@@H]1OC. The summed E-state index contributed by atoms with van der Waals surface area (Å²) in [4.78, 5) is 36.2. The zero-order chi connectivity index (χ0) is 19.4. The van der Waals surface area contributed by atoms with Crippen molar-refractivity contribution in [3.8, 4) is 0 Å². The lowest BCUT2D eigenvalue weighted by Crippen LogP contribution is -2.27. The van der Waals surface area contributed by atoms with E-state index in [0.717, 1.165) is 5.57 Å². The molecule has 0 N–H and O–H groups in total. The van der Waals surface area contributed by atoms with Crippen LogP contribution in [0, 0.1) is 11.8 Å². The van der Waals surface area contributed by atoms with E-state index in [1.54, 1.807) is 19.9 Å². The number of fused-ring (bicyclic) bond motifs is 1. The molecule has 1 aliphatic heterocycles. The summed E-state index contributed by atoms with van der Waals surface area (Å²) >= 11 is 0. The summed E-state index contributed by atoms with van der Waals surface area (Å²) in [6.45, 7) is 11.3. The van der Waals surface area contributed by atoms with Crippen molar-refractivity contribution in [1.82, 2.24) is 0 Å². The summed E-state index contributed by atoms with van der Waals surface area (Å²) < 4.78 is 16.1. The smallest absolute Gasteiger partial charge is 0.334 e. The Hall–Kier alpha value is -2.21. The number of carbonyl (C=O) groups excluding carboxylic acids is 3. The van der Waals surface area contributed by atoms with E-state index in [9.17, 15) is 14.4 Å². The molecule has 1 heterocycles. The van der Waals surface area contributed by atoms with Gasteiger partial charge in [-0.3, -0.25) is 9.59 Å². The number of rotatable bonds is 4. The zero-order valence-corrected chi connectivity index (χ0v) is 15.6. The zero-order valence-electron chi connectivity index (χ0n) is 15.6. The van der Waals surface area contributed by atoms with Gasteiger partial charge in [-0.2, -0.15) is 0 Å². The average molecular weight is 362 g/mol. The summed E-state index contributed by atoms with van der Waals surface area (Å²) in [6, 6.07) is 0. The molecule has 3 atom stereocenters. The molecular formula is C20H26O6. The average Bonchev–Trinajstić information content (AvgIpc) is 2.86. The molecule has 142 valence electrons. The van der Waals surface area contributed by atoms with Gasteiger partial charge < -0.3 is 14.2 Å². The Balaban J connectivity index is 2.28. The maximum absolute atomic E-state index is 12.5. The molecule has 26 heavy (non-hydrogen) atoms. The molecule has 1 aliphatic carbocycles. The Morgan fingerprint density at radius 2 is 2.00 bits per heavy atom. The molecular weight excluding hydrogens is 336 g/mol. The van der Waals surface area contributed by atoms with Crippen molar-refractivity contribution in [1.29, 1.82) is 0 Å². The van der Waals surface area contributed by atoms with Crippen LogP contribution in [0.25, 0.3) is 0 Å². The van der Waals surface area contributed by atoms with Gasteiger partial charge >= 0.3 is 11.9 Å². The van der Waals surface area contributed by atoms with Crippen molar-refractivity contribution in [2.45, 2.75) is 45.3 Å². The van der Waals surface area contributed by atoms with Crippen molar-refractivity contribution in [2.75, 3.05) is 13.7 Å². The first-order valence-corrected chi connectivity index (χ1v) is 8.75. The summed E-state index contributed by atoms with van der Waals surface area (Å²) in [5.41, 5.74) is 1.47. The predicted molar refractivity (Wildman–Crippen MR) is 95.2 cm³/mol. The highest BCUT2D eigenvalue weighted by atomic mass is 16.6. The lowest BCUT2D eigenvalue weighted by molar-refractivity contribution is -0.146. The number of methoxy groups -OCH3 is 1. The highest BCUT2D eigenvalue weighted by Crippen LogP contribution is 2.34. The minimum atomic E-state index is -0.585. The van der Waals surface area contributed by atoms with Crippen LogP contribution >= 0.6 is 0 Å². The van der Waals surface area contributed by atoms with E-state index in [1.165, 1.54) is 7.11 Å². The molecule has 0 aromatic carbocycles. The molecule has 0 amide bonds. The first kappa shape index (κ1) is 20.1. The van der Waals surface area contributed by atoms with E-state index < -0.39 is 24.1 Å². The fraction of sp³-hybridized carbons (Fsp3) is 0.550. The topological polar surface area (TPSA) is 78.9 Å². The standard InChI is InChI=1S/C20H26O6/c1-11(2)19(22)25-10-14-6-7-17(24-5)13(4)16(21)9-15-12(3)20(23)26-18(15)8-14/h8,11,15,17-18H,3-4,6-7,9-10H2,1-2,5H3/b14-8+/t15-,17-,18+/m0/s1. The maximum Gasteiger partial charge on any atom is 0.334 e. The summed E-state index contributed by atoms with van der Waals surface area (Å²) in [5.74, 6) is -1.63. The quantitative estimate of drug-likeness (QED) is 0.434. The minimum Gasteiger partial charge on any atom is -0.461 e. The normalized spacial score (nSPS) is 29.1. The van der Waals surface area contributed by atoms with Crippen molar-refractivity contribution < 1.29 is 28.6 Å². The van der Waals surface area contributed by atoms with Gasteiger partial charge in [-0.15, -0.1) is 0 Å². The number of Topliss-reactive ketones (excluding diaryl/α,β-unsaturated/α-hetero) is 1. The van der Waals surface area contributed by atoms with Gasteiger partial charge in [0.2, 0.25) is 0 Å². The van der Waals surface area contributed by atoms with Gasteiger partial charge in [0, 0.05) is 30.6 Å². The van der Waals surface area contributed by atoms with E-state index in [4.69, 9.17) is 14.2 Å². The van der Waals surface area contributed by atoms with Gasteiger partial charge in [-0.1, -0.05) is 27.0 Å². The Labute approximate surface area is 153 Å². The molecule has 0 saturated carbocycles. The highest BCUT2D eigenvalue weighted by Gasteiger charge is 2.40. The molecule has 6 nitrogen and oxygen atoms in total. The van der Waals surface area contributed by atoms with Gasteiger partial charge in [0.25, 0.3) is 0 Å². The molecule has 1 saturated heterocycles. The van der Waals surface area contributed by atoms with Crippen LogP contribution in [-0.2, 0) is 28.6 Å². The van der Waals surface area contributed by atoms with E-state index in [1.807, 2.05) is 0 Å². The number of esters is 2. The minimum absolute atomic E-state index is 0.0868. The van der Waals surface area contributed by atoms with Gasteiger partial charge in [-0.25, -0.2) is 4.79 Å². The Kier molecular flexibility index (Phi) is 6.53. The van der Waals surface area contributed by atoms with Crippen LogP contribution in [0.5, 0.6) is 0 Å². The third kappa shape index (κ3) is 4.49. The molecule has 0 unspecified atom stereocenters. The van der Waals surface area contributed by atoms with Crippen LogP contribution in [0.3, 0.4) is 0 Å². The van der Waals surface area contributed by atoms with Crippen molar-refractivity contribution in [2.24, 2.45) is 11.8 Å². The van der Waals surface area contributed by atoms with Crippen LogP contribution in [0.2, 0.25) is 0 Å². The summed E-state index contributed by atoms with van der Waals surface area (Å²) in [7, 11) is 1.53. The maximum atomic E-state index is 12.5. The van der Waals surface area contributed by atoms with Crippen LogP contribution in [0.15, 0.2) is 36.0 Å². The number of hydrogen-bond donors (Lipinski definition) is 0. The van der Waals surface area contributed by atoms with Crippen molar-refractivity contribution >= 4 is 17.7 Å². The molecule has 0 radical (unpaired) electrons. The lowest BCUT2D eigenvalue weighted by atomic mass is 9.85. The first-order valence-electron chi connectivity index (χ1n) is 8.75. The van der Waals surface area contributed by atoms with E-state index in [0.29, 0.717) is 18.4 Å². The molecule has 0 bridgehead atoms. The van der Waals surface area contributed by atoms with Gasteiger partial charge in [-0.05, 0) is 24.5 Å². The van der Waals surface area contributed by atoms with E-state index in [2.05, 4.69) is 13.2 Å². The van der Waals surface area contributed by atoms with Crippen LogP contribution in [-0.4, -0.2) is 43.6 Å². The Morgan fingerprint density at radius 3 is 2.62 bits per heavy atom. The molecule has 0 aromatic rings. The van der Waals surface area contributed by atoms with Gasteiger partial charge in [0.15, 0.2) is 5.78 Å². The van der Waals surface area contributed by atoms with Crippen LogP contribution in [0.4, 0.5) is 0 Å². The van der Waals surface area contributed by atoms with Crippen LogP contribution < -0.4 is 0 Å². The molecule has 6 heteroatoms. The molecule has 2 rings (SSSR count). The van der Waals surface area contributed by atoms with E-state index >= 15 is 0 Å². The number of ether oxygens (including phenoxy) is 3. The summed E-state index contributed by atoms with van der Waals surface area (Å²) in [5, 5.41) is 0. The highest BCUT2D eigenvalue weighted by molar-refractivity contribution is 5.98. The second-order valence-electron chi connectivity index (χ2n) is 7.00. The molecule has 0 spiro atoms. The number of hydrogen-bond acceptors (Lipinski definition) is 6. The fourth-order valence-electron chi connectivity index (χ4n) is 3.05. The Morgan fingerprint density at radius 1 is 1.31 bits per heavy atom. The lowest BCUT2D eigenvalue weighted by Gasteiger charge is -2.23. The first-order chi connectivity index (χ1) is 12.2. The van der Waals surface area contributed by atoms with Crippen molar-refractivity contribution in [3.63, 3.8) is 0 Å². The third-order valence-corrected chi connectivity index (χ3v) is 4.78. The largest absolute Gasteiger partial charge is 0.461 e. The number of ketones is 1.